The molecule has 0 bridgehead atoms. The van der Waals surface area contributed by atoms with E-state index in [1.165, 1.54) is 0 Å². The Morgan fingerprint density at radius 3 is 2.12 bits per heavy atom. The van der Waals surface area contributed by atoms with E-state index in [-0.39, 0.29) is 4.87 Å². The Hall–Kier alpha value is 0.250. The van der Waals surface area contributed by atoms with Gasteiger partial charge in [0.05, 0.1) is 0 Å². The van der Waals surface area contributed by atoms with Gasteiger partial charge < -0.3 is 5.32 Å². The zero-order valence-electron chi connectivity index (χ0n) is 5.21. The van der Waals surface area contributed by atoms with Crippen molar-refractivity contribution < 1.29 is 0 Å². The van der Waals surface area contributed by atoms with Gasteiger partial charge in [-0.05, 0) is 32.9 Å². The molecule has 1 saturated heterocycles. The lowest BCUT2D eigenvalue weighted by Gasteiger charge is -2.26. The van der Waals surface area contributed by atoms with Gasteiger partial charge in [0, 0.05) is 4.87 Å². The topological polar surface area (TPSA) is 12.0 Å². The lowest BCUT2D eigenvalue weighted by molar-refractivity contribution is 0.431. The quantitative estimate of drug-likeness (QED) is 0.493. The summed E-state index contributed by atoms with van der Waals surface area (Å²) >= 11 is 6.03. The minimum absolute atomic E-state index is 0.0885. The Balaban J connectivity index is 2.33. The summed E-state index contributed by atoms with van der Waals surface area (Å²) in [5, 5.41) is 3.26. The molecule has 0 aromatic rings. The predicted molar refractivity (Wildman–Crippen MR) is 36.4 cm³/mol. The van der Waals surface area contributed by atoms with Crippen LogP contribution in [0.2, 0.25) is 0 Å². The monoisotopic (exact) mass is 133 g/mol. The number of piperidine rings is 1. The molecule has 0 unspecified atom stereocenters. The highest BCUT2D eigenvalue weighted by Gasteiger charge is 2.22. The van der Waals surface area contributed by atoms with Gasteiger partial charge in [-0.15, -0.1) is 11.6 Å². The minimum atomic E-state index is 0.0885. The number of rotatable bonds is 0. The maximum absolute atomic E-state index is 6.03. The third-order valence-corrected chi connectivity index (χ3v) is 2.02. The van der Waals surface area contributed by atoms with Crippen LogP contribution in [0.15, 0.2) is 0 Å². The second-order valence-corrected chi connectivity index (χ2v) is 3.58. The van der Waals surface area contributed by atoms with E-state index in [1.807, 2.05) is 0 Å². The van der Waals surface area contributed by atoms with Gasteiger partial charge in [-0.2, -0.15) is 0 Å². The molecule has 1 aliphatic rings. The van der Waals surface area contributed by atoms with Gasteiger partial charge in [0.1, 0.15) is 0 Å². The van der Waals surface area contributed by atoms with Crippen LogP contribution in [-0.4, -0.2) is 18.0 Å². The number of nitrogens with one attached hydrogen (secondary N) is 1. The Kier molecular flexibility index (Phi) is 1.78. The third kappa shape index (κ3) is 1.64. The first kappa shape index (κ1) is 6.37. The molecule has 1 heterocycles. The highest BCUT2D eigenvalue weighted by Crippen LogP contribution is 2.24. The van der Waals surface area contributed by atoms with Crippen molar-refractivity contribution in [1.29, 1.82) is 0 Å². The molecule has 48 valence electrons. The van der Waals surface area contributed by atoms with Crippen LogP contribution in [0, 0.1) is 0 Å². The van der Waals surface area contributed by atoms with Crippen LogP contribution in [0.5, 0.6) is 0 Å². The summed E-state index contributed by atoms with van der Waals surface area (Å²) in [6, 6.07) is 0. The molecule has 1 aliphatic heterocycles. The molecule has 0 aromatic heterocycles. The maximum atomic E-state index is 6.03. The summed E-state index contributed by atoms with van der Waals surface area (Å²) in [7, 11) is 0. The van der Waals surface area contributed by atoms with Crippen LogP contribution >= 0.6 is 11.6 Å². The molecule has 0 aromatic carbocycles. The van der Waals surface area contributed by atoms with Gasteiger partial charge in [-0.25, -0.2) is 0 Å². The van der Waals surface area contributed by atoms with E-state index in [0.717, 1.165) is 25.9 Å². The Morgan fingerprint density at radius 2 is 1.88 bits per heavy atom. The molecule has 1 rings (SSSR count). The second kappa shape index (κ2) is 2.24. The molecule has 0 atom stereocenters. The number of alkyl halides is 1. The van der Waals surface area contributed by atoms with Gasteiger partial charge >= 0.3 is 0 Å². The zero-order chi connectivity index (χ0) is 6.04. The molecule has 1 N–H and O–H groups in total. The fraction of sp³-hybridized carbons (Fsp3) is 1.00. The van der Waals surface area contributed by atoms with Gasteiger partial charge in [0.15, 0.2) is 0 Å². The summed E-state index contributed by atoms with van der Waals surface area (Å²) in [5.41, 5.74) is 0. The van der Waals surface area contributed by atoms with E-state index in [4.69, 9.17) is 11.6 Å². The van der Waals surface area contributed by atoms with Crippen molar-refractivity contribution in [3.63, 3.8) is 0 Å². The smallest absolute Gasteiger partial charge is 0.0442 e. The number of hydrogen-bond acceptors (Lipinski definition) is 1. The average Bonchev–Trinajstić information content (AvgIpc) is 1.65. The van der Waals surface area contributed by atoms with Crippen molar-refractivity contribution in [1.82, 2.24) is 5.32 Å². The fourth-order valence-corrected chi connectivity index (χ4v) is 1.14. The van der Waals surface area contributed by atoms with Gasteiger partial charge in [-0.3, -0.25) is 0 Å². The lowest BCUT2D eigenvalue weighted by Crippen LogP contribution is -2.35. The predicted octanol–water partition coefficient (Wildman–Crippen LogP) is 1.37. The first-order valence-electron chi connectivity index (χ1n) is 3.10. The van der Waals surface area contributed by atoms with Crippen LogP contribution in [0.1, 0.15) is 19.8 Å². The highest BCUT2D eigenvalue weighted by atomic mass is 35.5. The fourth-order valence-electron chi connectivity index (χ4n) is 0.948. The molecule has 0 spiro atoms. The highest BCUT2D eigenvalue weighted by molar-refractivity contribution is 6.23. The molecular formula is C6H12ClN. The maximum Gasteiger partial charge on any atom is 0.0442 e. The Labute approximate surface area is 55.4 Å². The van der Waals surface area contributed by atoms with E-state index < -0.39 is 0 Å². The summed E-state index contributed by atoms with van der Waals surface area (Å²) in [6.07, 6.45) is 2.21. The SMILES string of the molecule is CC1(Cl)CCNCC1. The second-order valence-electron chi connectivity index (χ2n) is 2.66. The van der Waals surface area contributed by atoms with Crippen LogP contribution in [0.25, 0.3) is 0 Å². The first-order chi connectivity index (χ1) is 3.71. The van der Waals surface area contributed by atoms with E-state index >= 15 is 0 Å². The largest absolute Gasteiger partial charge is 0.317 e. The molecule has 1 fully saturated rings. The van der Waals surface area contributed by atoms with Crippen molar-refractivity contribution >= 4 is 11.6 Å². The van der Waals surface area contributed by atoms with Crippen LogP contribution < -0.4 is 5.32 Å². The van der Waals surface area contributed by atoms with Crippen molar-refractivity contribution in [2.45, 2.75) is 24.6 Å². The van der Waals surface area contributed by atoms with E-state index in [1.54, 1.807) is 0 Å². The third-order valence-electron chi connectivity index (χ3n) is 1.65. The van der Waals surface area contributed by atoms with Crippen molar-refractivity contribution in [3.8, 4) is 0 Å². The molecule has 0 saturated carbocycles. The van der Waals surface area contributed by atoms with Gasteiger partial charge in [0.25, 0.3) is 0 Å². The molecule has 1 nitrogen and oxygen atoms in total. The molecular weight excluding hydrogens is 122 g/mol. The summed E-state index contributed by atoms with van der Waals surface area (Å²) < 4.78 is 0. The first-order valence-corrected chi connectivity index (χ1v) is 3.48. The van der Waals surface area contributed by atoms with Crippen molar-refractivity contribution in [3.05, 3.63) is 0 Å². The minimum Gasteiger partial charge on any atom is -0.317 e. The zero-order valence-corrected chi connectivity index (χ0v) is 5.96. The molecule has 0 radical (unpaired) electrons. The number of halogens is 1. The summed E-state index contributed by atoms with van der Waals surface area (Å²) in [4.78, 5) is 0.0885. The van der Waals surface area contributed by atoms with Crippen molar-refractivity contribution in [2.24, 2.45) is 0 Å². The van der Waals surface area contributed by atoms with Gasteiger partial charge in [-0.1, -0.05) is 0 Å². The molecule has 2 heteroatoms. The van der Waals surface area contributed by atoms with Crippen molar-refractivity contribution in [2.75, 3.05) is 13.1 Å². The van der Waals surface area contributed by atoms with Crippen LogP contribution in [0.3, 0.4) is 0 Å². The molecule has 0 amide bonds. The molecule has 0 aliphatic carbocycles. The lowest BCUT2D eigenvalue weighted by atomic mass is 10.00. The average molecular weight is 134 g/mol. The summed E-state index contributed by atoms with van der Waals surface area (Å²) in [6.45, 7) is 4.27. The normalized spacial score (nSPS) is 27.8. The van der Waals surface area contributed by atoms with Crippen LogP contribution in [-0.2, 0) is 0 Å². The van der Waals surface area contributed by atoms with E-state index in [9.17, 15) is 0 Å². The standard InChI is InChI=1S/C6H12ClN/c1-6(7)2-4-8-5-3-6/h8H,2-5H2,1H3. The van der Waals surface area contributed by atoms with E-state index in [2.05, 4.69) is 12.2 Å². The van der Waals surface area contributed by atoms with E-state index in [0.29, 0.717) is 0 Å². The number of hydrogen-bond donors (Lipinski definition) is 1. The van der Waals surface area contributed by atoms with Crippen LogP contribution in [0.4, 0.5) is 0 Å². The Morgan fingerprint density at radius 1 is 1.38 bits per heavy atom. The summed E-state index contributed by atoms with van der Waals surface area (Å²) in [5.74, 6) is 0. The molecule has 8 heavy (non-hydrogen) atoms. The Bertz CT molecular complexity index is 72.6. The van der Waals surface area contributed by atoms with Gasteiger partial charge in [0.2, 0.25) is 0 Å².